The molecule has 0 saturated heterocycles. The number of thiophene rings is 1. The molecule has 1 aromatic heterocycles. The summed E-state index contributed by atoms with van der Waals surface area (Å²) in [6.45, 7) is 3.38. The molecule has 1 heterocycles. The van der Waals surface area contributed by atoms with Crippen LogP contribution in [-0.4, -0.2) is 24.6 Å². The van der Waals surface area contributed by atoms with Crippen LogP contribution >= 0.6 is 23.1 Å². The third-order valence-corrected chi connectivity index (χ3v) is 3.78. The lowest BCUT2D eigenvalue weighted by atomic mass is 10.2. The maximum absolute atomic E-state index is 3.55. The Morgan fingerprint density at radius 2 is 2.43 bits per heavy atom. The number of hydrogen-bond acceptors (Lipinski definition) is 3. The second kappa shape index (κ2) is 7.32. The van der Waals surface area contributed by atoms with Crippen molar-refractivity contribution in [2.45, 2.75) is 25.8 Å². The summed E-state index contributed by atoms with van der Waals surface area (Å²) in [5.74, 6) is 1.26. The average Bonchev–Trinajstić information content (AvgIpc) is 2.67. The molecule has 1 N–H and O–H groups in total. The van der Waals surface area contributed by atoms with Crippen molar-refractivity contribution >= 4 is 23.1 Å². The van der Waals surface area contributed by atoms with E-state index in [0.29, 0.717) is 6.04 Å². The largest absolute Gasteiger partial charge is 0.314 e. The van der Waals surface area contributed by atoms with Crippen molar-refractivity contribution in [2.24, 2.45) is 0 Å². The quantitative estimate of drug-likeness (QED) is 0.771. The highest BCUT2D eigenvalue weighted by molar-refractivity contribution is 7.98. The normalized spacial score (nSPS) is 13.0. The van der Waals surface area contributed by atoms with Crippen LogP contribution in [0.15, 0.2) is 17.5 Å². The van der Waals surface area contributed by atoms with E-state index in [-0.39, 0.29) is 0 Å². The molecule has 0 bridgehead atoms. The van der Waals surface area contributed by atoms with Crippen LogP contribution in [-0.2, 0) is 6.42 Å². The fraction of sp³-hybridized carbons (Fsp3) is 0.636. The monoisotopic (exact) mass is 229 g/mol. The van der Waals surface area contributed by atoms with E-state index in [9.17, 15) is 0 Å². The van der Waals surface area contributed by atoms with Crippen LogP contribution in [0.5, 0.6) is 0 Å². The van der Waals surface area contributed by atoms with Crippen molar-refractivity contribution in [1.29, 1.82) is 0 Å². The molecule has 0 radical (unpaired) electrons. The summed E-state index contributed by atoms with van der Waals surface area (Å²) < 4.78 is 0. The second-order valence-corrected chi connectivity index (χ2v) is 5.48. The Balaban J connectivity index is 2.03. The molecule has 1 unspecified atom stereocenters. The van der Waals surface area contributed by atoms with Gasteiger partial charge in [-0.05, 0) is 43.2 Å². The van der Waals surface area contributed by atoms with Gasteiger partial charge in [-0.3, -0.25) is 0 Å². The van der Waals surface area contributed by atoms with E-state index in [1.54, 1.807) is 0 Å². The number of nitrogens with one attached hydrogen (secondary N) is 1. The third-order valence-electron chi connectivity index (χ3n) is 2.20. The van der Waals surface area contributed by atoms with Crippen molar-refractivity contribution < 1.29 is 0 Å². The minimum absolute atomic E-state index is 0.655. The predicted octanol–water partition coefficient (Wildman–Crippen LogP) is 3.02. The van der Waals surface area contributed by atoms with E-state index in [2.05, 4.69) is 36.0 Å². The Kier molecular flexibility index (Phi) is 6.32. The highest BCUT2D eigenvalue weighted by Gasteiger charge is 2.00. The minimum Gasteiger partial charge on any atom is -0.314 e. The summed E-state index contributed by atoms with van der Waals surface area (Å²) in [6, 6.07) is 4.98. The van der Waals surface area contributed by atoms with Crippen LogP contribution in [0.2, 0.25) is 0 Å². The van der Waals surface area contributed by atoms with Gasteiger partial charge in [0, 0.05) is 17.5 Å². The zero-order valence-corrected chi connectivity index (χ0v) is 10.6. The summed E-state index contributed by atoms with van der Waals surface area (Å²) in [7, 11) is 0. The van der Waals surface area contributed by atoms with Gasteiger partial charge in [-0.2, -0.15) is 11.8 Å². The molecule has 80 valence electrons. The molecule has 0 saturated carbocycles. The fourth-order valence-electron chi connectivity index (χ4n) is 1.29. The Labute approximate surface area is 95.3 Å². The number of hydrogen-bond donors (Lipinski definition) is 1. The number of rotatable bonds is 7. The van der Waals surface area contributed by atoms with Gasteiger partial charge in [0.1, 0.15) is 0 Å². The van der Waals surface area contributed by atoms with Crippen molar-refractivity contribution in [2.75, 3.05) is 18.6 Å². The van der Waals surface area contributed by atoms with Crippen LogP contribution in [0.3, 0.4) is 0 Å². The molecular formula is C11H19NS2. The maximum atomic E-state index is 3.55. The molecule has 14 heavy (non-hydrogen) atoms. The van der Waals surface area contributed by atoms with Crippen LogP contribution in [0, 0.1) is 0 Å². The maximum Gasteiger partial charge on any atom is 0.00578 e. The van der Waals surface area contributed by atoms with Crippen molar-refractivity contribution in [3.05, 3.63) is 22.4 Å². The van der Waals surface area contributed by atoms with Gasteiger partial charge in [0.2, 0.25) is 0 Å². The molecule has 0 spiro atoms. The van der Waals surface area contributed by atoms with E-state index < -0.39 is 0 Å². The van der Waals surface area contributed by atoms with Crippen molar-refractivity contribution in [3.63, 3.8) is 0 Å². The van der Waals surface area contributed by atoms with Crippen molar-refractivity contribution in [3.8, 4) is 0 Å². The molecule has 1 nitrogen and oxygen atoms in total. The second-order valence-electron chi connectivity index (χ2n) is 3.47. The highest BCUT2D eigenvalue weighted by atomic mass is 32.2. The summed E-state index contributed by atoms with van der Waals surface area (Å²) in [5.41, 5.74) is 0. The first-order chi connectivity index (χ1) is 6.83. The molecule has 0 fully saturated rings. The SMILES string of the molecule is CSCCC(C)NCCc1cccs1. The van der Waals surface area contributed by atoms with Crippen molar-refractivity contribution in [1.82, 2.24) is 5.32 Å². The molecule has 0 amide bonds. The molecule has 1 aromatic rings. The van der Waals surface area contributed by atoms with Gasteiger partial charge in [0.25, 0.3) is 0 Å². The molecule has 0 aromatic carbocycles. The highest BCUT2D eigenvalue weighted by Crippen LogP contribution is 2.08. The zero-order valence-electron chi connectivity index (χ0n) is 8.95. The van der Waals surface area contributed by atoms with Gasteiger partial charge < -0.3 is 5.32 Å². The first kappa shape index (κ1) is 12.1. The van der Waals surface area contributed by atoms with E-state index in [1.807, 2.05) is 23.1 Å². The predicted molar refractivity (Wildman–Crippen MR) is 68.5 cm³/mol. The Morgan fingerprint density at radius 3 is 3.07 bits per heavy atom. The van der Waals surface area contributed by atoms with E-state index in [4.69, 9.17) is 0 Å². The smallest absolute Gasteiger partial charge is 0.00578 e. The van der Waals surface area contributed by atoms with Crippen LogP contribution in [0.25, 0.3) is 0 Å². The summed E-state index contributed by atoms with van der Waals surface area (Å²) in [4.78, 5) is 1.48. The third kappa shape index (κ3) is 5.03. The molecular weight excluding hydrogens is 210 g/mol. The molecule has 1 rings (SSSR count). The van der Waals surface area contributed by atoms with Crippen LogP contribution < -0.4 is 5.32 Å². The van der Waals surface area contributed by atoms with E-state index >= 15 is 0 Å². The lowest BCUT2D eigenvalue weighted by Crippen LogP contribution is -2.28. The first-order valence-corrected chi connectivity index (χ1v) is 7.35. The van der Waals surface area contributed by atoms with Gasteiger partial charge in [0.15, 0.2) is 0 Å². The summed E-state index contributed by atoms with van der Waals surface area (Å²) in [6.07, 6.45) is 4.60. The lowest BCUT2D eigenvalue weighted by Gasteiger charge is -2.12. The average molecular weight is 229 g/mol. The topological polar surface area (TPSA) is 12.0 Å². The first-order valence-electron chi connectivity index (χ1n) is 5.07. The molecule has 3 heteroatoms. The lowest BCUT2D eigenvalue weighted by molar-refractivity contribution is 0.542. The Bertz CT molecular complexity index is 221. The Hall–Kier alpha value is 0.01000. The summed E-state index contributed by atoms with van der Waals surface area (Å²) >= 11 is 3.77. The van der Waals surface area contributed by atoms with Gasteiger partial charge in [0.05, 0.1) is 0 Å². The minimum atomic E-state index is 0.655. The van der Waals surface area contributed by atoms with E-state index in [0.717, 1.165) is 6.54 Å². The molecule has 0 aliphatic carbocycles. The van der Waals surface area contributed by atoms with Gasteiger partial charge in [-0.15, -0.1) is 11.3 Å². The molecule has 1 atom stereocenters. The zero-order chi connectivity index (χ0) is 10.2. The van der Waals surface area contributed by atoms with E-state index in [1.165, 1.54) is 23.5 Å². The van der Waals surface area contributed by atoms with Gasteiger partial charge in [-0.1, -0.05) is 6.07 Å². The number of thioether (sulfide) groups is 1. The molecule has 0 aliphatic rings. The van der Waals surface area contributed by atoms with Crippen LogP contribution in [0.1, 0.15) is 18.2 Å². The summed E-state index contributed by atoms with van der Waals surface area (Å²) in [5, 5.41) is 5.69. The van der Waals surface area contributed by atoms with Crippen LogP contribution in [0.4, 0.5) is 0 Å². The standard InChI is InChI=1S/C11H19NS2/c1-10(6-9-13-2)12-7-5-11-4-3-8-14-11/h3-4,8,10,12H,5-7,9H2,1-2H3. The molecule has 0 aliphatic heterocycles. The fourth-order valence-corrected chi connectivity index (χ4v) is 2.59. The Morgan fingerprint density at radius 1 is 1.57 bits per heavy atom. The van der Waals surface area contributed by atoms with Gasteiger partial charge >= 0.3 is 0 Å². The van der Waals surface area contributed by atoms with Gasteiger partial charge in [-0.25, -0.2) is 0 Å².